The van der Waals surface area contributed by atoms with E-state index in [1.54, 1.807) is 84.9 Å². The average Bonchev–Trinajstić information content (AvgIpc) is 4.15. The highest BCUT2D eigenvalue weighted by atomic mass is 35.5. The molecule has 0 amide bonds. The number of rotatable bonds is 10. The Morgan fingerprint density at radius 2 is 1.21 bits per heavy atom. The first-order chi connectivity index (χ1) is 29.2. The van der Waals surface area contributed by atoms with Gasteiger partial charge in [-0.2, -0.15) is 10.5 Å². The molecule has 2 saturated heterocycles. The molecule has 0 radical (unpaired) electrons. The zero-order valence-electron chi connectivity index (χ0n) is 35.6. The quantitative estimate of drug-likeness (QED) is 0.141. The molecule has 2 aliphatic carbocycles. The third-order valence-corrected chi connectivity index (χ3v) is 13.0. The predicted octanol–water partition coefficient (Wildman–Crippen LogP) is 10.5. The Labute approximate surface area is 364 Å². The summed E-state index contributed by atoms with van der Waals surface area (Å²) in [5, 5.41) is 19.0. The first kappa shape index (κ1) is 42.9. The number of Topliss-reactive ketones (excluding diaryl/α,β-unsaturated/α-hetero) is 4. The number of carbonyl (C=O) groups excluding carboxylic acids is 4. The van der Waals surface area contributed by atoms with E-state index in [1.165, 1.54) is 18.2 Å². The van der Waals surface area contributed by atoms with Gasteiger partial charge in [0.2, 0.25) is 0 Å². The van der Waals surface area contributed by atoms with Crippen LogP contribution in [0, 0.1) is 34.4 Å². The van der Waals surface area contributed by atoms with E-state index < -0.39 is 63.2 Å². The zero-order valence-corrected chi connectivity index (χ0v) is 36.3. The molecule has 0 aromatic heterocycles. The maximum Gasteiger partial charge on any atom is 0.179 e. The summed E-state index contributed by atoms with van der Waals surface area (Å²) in [5.74, 6) is -3.99. The number of carbonyl (C=O) groups is 4. The number of halogens is 2. The molecule has 8 rings (SSSR count). The maximum atomic E-state index is 15.0. The van der Waals surface area contributed by atoms with Crippen molar-refractivity contribution in [3.63, 3.8) is 0 Å². The Balaban J connectivity index is 1.13. The van der Waals surface area contributed by atoms with Crippen molar-refractivity contribution in [2.75, 3.05) is 0 Å². The van der Waals surface area contributed by atoms with Gasteiger partial charge in [-0.1, -0.05) is 23.7 Å². The van der Waals surface area contributed by atoms with Gasteiger partial charge in [-0.25, -0.2) is 4.39 Å². The number of nitrogens with zero attached hydrogens (tertiary/aromatic N) is 2. The molecule has 2 aliphatic heterocycles. The lowest BCUT2D eigenvalue weighted by atomic mass is 9.71. The van der Waals surface area contributed by atoms with Crippen LogP contribution in [-0.2, 0) is 28.7 Å². The highest BCUT2D eigenvalue weighted by Crippen LogP contribution is 2.57. The molecule has 2 heterocycles. The first-order valence-electron chi connectivity index (χ1n) is 20.8. The van der Waals surface area contributed by atoms with Gasteiger partial charge in [0.05, 0.1) is 22.2 Å². The molecule has 318 valence electrons. The standard InChI is InChI=1S/C50H46ClFN2O8/c1-47(2)43(55)41(44(56)48(3,4)61-47)37-20-30(59-32-12-11-28(25-54)38(51)22-32)14-16-34(37)35-19-29(35)23-50(7)46(58)42(45(57)49(5,6)62-50)36-21-31(13-15-33(36)27-9-10-27)60-40-18-26(24-53)8-17-39(40)52/h8,11-18,20-22,27,29,35,41-42H,9-10,19,23H2,1-7H3. The molecule has 0 bridgehead atoms. The van der Waals surface area contributed by atoms with Crippen molar-refractivity contribution in [3.8, 4) is 35.1 Å². The van der Waals surface area contributed by atoms with Gasteiger partial charge in [0.25, 0.3) is 0 Å². The third kappa shape index (κ3) is 7.83. The summed E-state index contributed by atoms with van der Waals surface area (Å²) >= 11 is 6.30. The minimum atomic E-state index is -1.42. The van der Waals surface area contributed by atoms with Gasteiger partial charge in [-0.3, -0.25) is 19.2 Å². The molecule has 0 spiro atoms. The van der Waals surface area contributed by atoms with Gasteiger partial charge >= 0.3 is 0 Å². The first-order valence-corrected chi connectivity index (χ1v) is 21.1. The molecule has 4 atom stereocenters. The summed E-state index contributed by atoms with van der Waals surface area (Å²) in [5.41, 5.74) is -2.25. The van der Waals surface area contributed by atoms with E-state index in [0.29, 0.717) is 29.0 Å². The van der Waals surface area contributed by atoms with Gasteiger partial charge in [-0.05, 0) is 163 Å². The lowest BCUT2D eigenvalue weighted by Crippen LogP contribution is -2.59. The fraction of sp³-hybridized carbons (Fsp3) is 0.400. The van der Waals surface area contributed by atoms with E-state index in [-0.39, 0.29) is 51.8 Å². The summed E-state index contributed by atoms with van der Waals surface area (Å²) in [6.07, 6.45) is 2.65. The van der Waals surface area contributed by atoms with Crippen LogP contribution in [0.25, 0.3) is 0 Å². The lowest BCUT2D eigenvalue weighted by molar-refractivity contribution is -0.190. The lowest BCUT2D eigenvalue weighted by Gasteiger charge is -2.45. The van der Waals surface area contributed by atoms with Crippen molar-refractivity contribution in [1.82, 2.24) is 0 Å². The van der Waals surface area contributed by atoms with Crippen molar-refractivity contribution < 1.29 is 42.5 Å². The number of ether oxygens (including phenoxy) is 4. The van der Waals surface area contributed by atoms with Crippen LogP contribution in [0.3, 0.4) is 0 Å². The molecule has 2 saturated carbocycles. The van der Waals surface area contributed by atoms with Crippen molar-refractivity contribution in [2.24, 2.45) is 5.92 Å². The Hall–Kier alpha value is -5.72. The normalized spacial score (nSPS) is 25.2. The highest BCUT2D eigenvalue weighted by molar-refractivity contribution is 6.31. The summed E-state index contributed by atoms with van der Waals surface area (Å²) in [7, 11) is 0. The second-order valence-corrected chi connectivity index (χ2v) is 19.1. The number of nitriles is 2. The summed E-state index contributed by atoms with van der Waals surface area (Å²) in [6.45, 7) is 11.7. The van der Waals surface area contributed by atoms with Crippen LogP contribution in [0.2, 0.25) is 5.02 Å². The fourth-order valence-electron chi connectivity index (χ4n) is 9.45. The van der Waals surface area contributed by atoms with Crippen LogP contribution in [0.4, 0.5) is 4.39 Å². The molecular weight excluding hydrogens is 811 g/mol. The van der Waals surface area contributed by atoms with E-state index in [1.807, 2.05) is 24.3 Å². The van der Waals surface area contributed by atoms with Gasteiger partial charge in [0.1, 0.15) is 57.6 Å². The van der Waals surface area contributed by atoms with Gasteiger partial charge in [0.15, 0.2) is 34.7 Å². The molecule has 0 N–H and O–H groups in total. The predicted molar refractivity (Wildman–Crippen MR) is 226 cm³/mol. The third-order valence-electron chi connectivity index (χ3n) is 12.7. The van der Waals surface area contributed by atoms with Gasteiger partial charge in [0, 0.05) is 12.1 Å². The van der Waals surface area contributed by atoms with Crippen LogP contribution in [0.5, 0.6) is 23.0 Å². The maximum absolute atomic E-state index is 15.0. The van der Waals surface area contributed by atoms with Crippen LogP contribution < -0.4 is 9.47 Å². The number of hydrogen-bond acceptors (Lipinski definition) is 10. The summed E-state index contributed by atoms with van der Waals surface area (Å²) in [4.78, 5) is 57.6. The van der Waals surface area contributed by atoms with Crippen LogP contribution in [0.1, 0.15) is 131 Å². The molecule has 4 aromatic rings. The number of benzene rings is 4. The van der Waals surface area contributed by atoms with E-state index >= 15 is 0 Å². The highest BCUT2D eigenvalue weighted by Gasteiger charge is 2.59. The summed E-state index contributed by atoms with van der Waals surface area (Å²) in [6, 6.07) is 22.9. The second kappa shape index (κ2) is 15.3. The Bertz CT molecular complexity index is 2650. The SMILES string of the molecule is CC1(C)OC(C)(CC2CC2c2ccc(Oc3ccc(C#N)c(Cl)c3)cc2C2C(=O)C(C)(C)OC(C)(C)C2=O)C(=O)C(c2cc(Oc3cc(C#N)ccc3F)ccc2C2CC2)C1=O. The Kier molecular flexibility index (Phi) is 10.6. The number of hydrogen-bond donors (Lipinski definition) is 0. The Morgan fingerprint density at radius 3 is 1.81 bits per heavy atom. The zero-order chi connectivity index (χ0) is 44.7. The molecule has 10 nitrogen and oxygen atoms in total. The fourth-order valence-corrected chi connectivity index (χ4v) is 9.66. The van der Waals surface area contributed by atoms with Crippen LogP contribution in [0.15, 0.2) is 72.8 Å². The molecule has 62 heavy (non-hydrogen) atoms. The topological polar surface area (TPSA) is 153 Å². The van der Waals surface area contributed by atoms with Crippen LogP contribution >= 0.6 is 11.6 Å². The molecule has 12 heteroatoms. The molecular formula is C50H46ClFN2O8. The smallest absolute Gasteiger partial charge is 0.179 e. The van der Waals surface area contributed by atoms with Crippen molar-refractivity contribution in [2.45, 2.75) is 120 Å². The van der Waals surface area contributed by atoms with Gasteiger partial charge < -0.3 is 18.9 Å². The van der Waals surface area contributed by atoms with Crippen LogP contribution in [-0.4, -0.2) is 45.5 Å². The van der Waals surface area contributed by atoms with Crippen molar-refractivity contribution in [3.05, 3.63) is 117 Å². The second-order valence-electron chi connectivity index (χ2n) is 18.7. The van der Waals surface area contributed by atoms with Gasteiger partial charge in [-0.15, -0.1) is 0 Å². The van der Waals surface area contributed by atoms with E-state index in [0.717, 1.165) is 30.0 Å². The monoisotopic (exact) mass is 856 g/mol. The molecule has 4 unspecified atom stereocenters. The number of ketones is 4. The average molecular weight is 857 g/mol. The van der Waals surface area contributed by atoms with Crippen molar-refractivity contribution in [1.29, 1.82) is 10.5 Å². The summed E-state index contributed by atoms with van der Waals surface area (Å²) < 4.78 is 39.5. The largest absolute Gasteiger partial charge is 0.457 e. The molecule has 4 fully saturated rings. The van der Waals surface area contributed by atoms with E-state index in [4.69, 9.17) is 30.5 Å². The molecule has 4 aromatic carbocycles. The van der Waals surface area contributed by atoms with E-state index in [9.17, 15) is 34.1 Å². The minimum absolute atomic E-state index is 0.129. The minimum Gasteiger partial charge on any atom is -0.457 e. The molecule has 4 aliphatic rings. The van der Waals surface area contributed by atoms with Crippen molar-refractivity contribution >= 4 is 34.7 Å². The van der Waals surface area contributed by atoms with E-state index in [2.05, 4.69) is 0 Å². The Morgan fingerprint density at radius 1 is 0.661 bits per heavy atom.